The topological polar surface area (TPSA) is 35.5 Å². The highest BCUT2D eigenvalue weighted by Crippen LogP contribution is 2.46. The fourth-order valence-electron chi connectivity index (χ4n) is 2.75. The molecule has 0 aromatic carbocycles. The Morgan fingerprint density at radius 2 is 2.20 bits per heavy atom. The van der Waals surface area contributed by atoms with E-state index in [1.807, 2.05) is 0 Å². The Labute approximate surface area is 91.1 Å². The largest absolute Gasteiger partial charge is 0.379 e. The number of carbonyl (C=O) groups excluding carboxylic acids is 1. The first-order chi connectivity index (χ1) is 7.23. The zero-order valence-electron chi connectivity index (χ0n) is 9.62. The maximum absolute atomic E-state index is 11.7. The molecule has 0 N–H and O–H groups in total. The lowest BCUT2D eigenvalue weighted by molar-refractivity contribution is -0.173. The Bertz CT molecular complexity index is 239. The van der Waals surface area contributed by atoms with Crippen LogP contribution in [0.1, 0.15) is 39.5 Å². The van der Waals surface area contributed by atoms with Gasteiger partial charge in [-0.2, -0.15) is 0 Å². The van der Waals surface area contributed by atoms with Crippen molar-refractivity contribution >= 4 is 5.78 Å². The van der Waals surface area contributed by atoms with Crippen LogP contribution in [0.4, 0.5) is 0 Å². The van der Waals surface area contributed by atoms with Gasteiger partial charge in [-0.15, -0.1) is 0 Å². The SMILES string of the molecule is CCC1(CC)C(=O)CC1OC1CCOC1. The fraction of sp³-hybridized carbons (Fsp3) is 0.917. The lowest BCUT2D eigenvalue weighted by atomic mass is 9.61. The Kier molecular flexibility index (Phi) is 3.12. The molecular weight excluding hydrogens is 192 g/mol. The van der Waals surface area contributed by atoms with Gasteiger partial charge in [-0.1, -0.05) is 13.8 Å². The van der Waals surface area contributed by atoms with Gasteiger partial charge < -0.3 is 9.47 Å². The van der Waals surface area contributed by atoms with Gasteiger partial charge in [-0.25, -0.2) is 0 Å². The molecule has 3 heteroatoms. The van der Waals surface area contributed by atoms with Gasteiger partial charge in [0, 0.05) is 13.0 Å². The number of Topliss-reactive ketones (excluding diaryl/α,β-unsaturated/α-hetero) is 1. The summed E-state index contributed by atoms with van der Waals surface area (Å²) in [5.74, 6) is 0.386. The molecule has 3 nitrogen and oxygen atoms in total. The van der Waals surface area contributed by atoms with Crippen LogP contribution in [-0.4, -0.2) is 31.2 Å². The van der Waals surface area contributed by atoms with Gasteiger partial charge in [0.1, 0.15) is 5.78 Å². The van der Waals surface area contributed by atoms with Crippen molar-refractivity contribution in [1.29, 1.82) is 0 Å². The summed E-state index contributed by atoms with van der Waals surface area (Å²) in [6.07, 6.45) is 3.76. The summed E-state index contributed by atoms with van der Waals surface area (Å²) in [7, 11) is 0. The minimum atomic E-state index is -0.178. The summed E-state index contributed by atoms with van der Waals surface area (Å²) in [6.45, 7) is 5.68. The monoisotopic (exact) mass is 212 g/mol. The Morgan fingerprint density at radius 3 is 2.67 bits per heavy atom. The highest BCUT2D eigenvalue weighted by atomic mass is 16.6. The summed E-state index contributed by atoms with van der Waals surface area (Å²) in [4.78, 5) is 11.7. The molecule has 1 aliphatic carbocycles. The van der Waals surface area contributed by atoms with E-state index in [4.69, 9.17) is 9.47 Å². The average Bonchev–Trinajstić information content (AvgIpc) is 2.72. The van der Waals surface area contributed by atoms with E-state index >= 15 is 0 Å². The number of hydrogen-bond acceptors (Lipinski definition) is 3. The number of ketones is 1. The van der Waals surface area contributed by atoms with E-state index in [9.17, 15) is 4.79 Å². The van der Waals surface area contributed by atoms with Crippen LogP contribution >= 0.6 is 0 Å². The van der Waals surface area contributed by atoms with E-state index in [0.29, 0.717) is 18.8 Å². The van der Waals surface area contributed by atoms with Crippen molar-refractivity contribution in [2.24, 2.45) is 5.41 Å². The zero-order valence-corrected chi connectivity index (χ0v) is 9.62. The molecule has 2 rings (SSSR count). The van der Waals surface area contributed by atoms with Crippen molar-refractivity contribution in [3.8, 4) is 0 Å². The lowest BCUT2D eigenvalue weighted by Crippen LogP contribution is -2.55. The Morgan fingerprint density at radius 1 is 1.47 bits per heavy atom. The summed E-state index contributed by atoms with van der Waals surface area (Å²) < 4.78 is 11.2. The van der Waals surface area contributed by atoms with Crippen molar-refractivity contribution in [2.75, 3.05) is 13.2 Å². The van der Waals surface area contributed by atoms with E-state index in [1.165, 1.54) is 0 Å². The van der Waals surface area contributed by atoms with Crippen LogP contribution in [0.5, 0.6) is 0 Å². The molecule has 0 aromatic rings. The van der Waals surface area contributed by atoms with Gasteiger partial charge in [-0.05, 0) is 19.3 Å². The molecule has 0 aromatic heterocycles. The second-order valence-corrected chi connectivity index (χ2v) is 4.60. The third-order valence-electron chi connectivity index (χ3n) is 4.05. The molecule has 1 aliphatic heterocycles. The summed E-state index contributed by atoms with van der Waals surface area (Å²) >= 11 is 0. The molecule has 1 saturated heterocycles. The van der Waals surface area contributed by atoms with E-state index in [-0.39, 0.29) is 17.6 Å². The summed E-state index contributed by atoms with van der Waals surface area (Å²) in [5, 5.41) is 0. The Hall–Kier alpha value is -0.410. The van der Waals surface area contributed by atoms with Crippen LogP contribution < -0.4 is 0 Å². The number of hydrogen-bond donors (Lipinski definition) is 0. The normalized spacial score (nSPS) is 34.1. The fourth-order valence-corrected chi connectivity index (χ4v) is 2.75. The van der Waals surface area contributed by atoms with E-state index in [1.54, 1.807) is 0 Å². The molecule has 1 saturated carbocycles. The third-order valence-corrected chi connectivity index (χ3v) is 4.05. The highest BCUT2D eigenvalue weighted by molar-refractivity contribution is 5.92. The highest BCUT2D eigenvalue weighted by Gasteiger charge is 2.53. The molecular formula is C12H20O3. The molecule has 0 radical (unpaired) electrons. The van der Waals surface area contributed by atoms with Crippen LogP contribution in [-0.2, 0) is 14.3 Å². The van der Waals surface area contributed by atoms with Crippen molar-refractivity contribution in [3.63, 3.8) is 0 Å². The molecule has 0 spiro atoms. The third kappa shape index (κ3) is 1.72. The van der Waals surface area contributed by atoms with E-state index in [2.05, 4.69) is 13.8 Å². The van der Waals surface area contributed by atoms with Gasteiger partial charge in [0.25, 0.3) is 0 Å². The van der Waals surface area contributed by atoms with Crippen molar-refractivity contribution in [2.45, 2.75) is 51.7 Å². The Balaban J connectivity index is 1.95. The van der Waals surface area contributed by atoms with Crippen LogP contribution in [0.3, 0.4) is 0 Å². The predicted molar refractivity (Wildman–Crippen MR) is 56.7 cm³/mol. The van der Waals surface area contributed by atoms with Gasteiger partial charge >= 0.3 is 0 Å². The molecule has 0 amide bonds. The van der Waals surface area contributed by atoms with Crippen molar-refractivity contribution in [3.05, 3.63) is 0 Å². The minimum Gasteiger partial charge on any atom is -0.379 e. The quantitative estimate of drug-likeness (QED) is 0.714. The molecule has 15 heavy (non-hydrogen) atoms. The van der Waals surface area contributed by atoms with Crippen LogP contribution in [0.15, 0.2) is 0 Å². The standard InChI is InChI=1S/C12H20O3/c1-3-12(4-2)10(13)7-11(12)15-9-5-6-14-8-9/h9,11H,3-8H2,1-2H3. The molecule has 0 bridgehead atoms. The number of ether oxygens (including phenoxy) is 2. The second kappa shape index (κ2) is 4.22. The van der Waals surface area contributed by atoms with Gasteiger partial charge in [0.15, 0.2) is 0 Å². The van der Waals surface area contributed by atoms with E-state index in [0.717, 1.165) is 25.9 Å². The van der Waals surface area contributed by atoms with Crippen LogP contribution in [0.2, 0.25) is 0 Å². The molecule has 86 valence electrons. The van der Waals surface area contributed by atoms with Crippen LogP contribution in [0, 0.1) is 5.41 Å². The first kappa shape index (κ1) is 11.1. The molecule has 2 fully saturated rings. The first-order valence-corrected chi connectivity index (χ1v) is 5.99. The maximum atomic E-state index is 11.7. The molecule has 2 aliphatic rings. The van der Waals surface area contributed by atoms with E-state index < -0.39 is 0 Å². The molecule has 2 atom stereocenters. The summed E-state index contributed by atoms with van der Waals surface area (Å²) in [6, 6.07) is 0. The number of carbonyl (C=O) groups is 1. The zero-order chi connectivity index (χ0) is 10.9. The van der Waals surface area contributed by atoms with Crippen molar-refractivity contribution in [1.82, 2.24) is 0 Å². The maximum Gasteiger partial charge on any atom is 0.144 e. The molecule has 2 unspecified atom stereocenters. The number of rotatable bonds is 4. The van der Waals surface area contributed by atoms with Crippen LogP contribution in [0.25, 0.3) is 0 Å². The minimum absolute atomic E-state index is 0.145. The van der Waals surface area contributed by atoms with Gasteiger partial charge in [0.05, 0.1) is 24.2 Å². The predicted octanol–water partition coefficient (Wildman–Crippen LogP) is 1.94. The van der Waals surface area contributed by atoms with Gasteiger partial charge in [0.2, 0.25) is 0 Å². The first-order valence-electron chi connectivity index (χ1n) is 5.99. The second-order valence-electron chi connectivity index (χ2n) is 4.60. The lowest BCUT2D eigenvalue weighted by Gasteiger charge is -2.47. The van der Waals surface area contributed by atoms with Gasteiger partial charge in [-0.3, -0.25) is 4.79 Å². The average molecular weight is 212 g/mol. The smallest absolute Gasteiger partial charge is 0.144 e. The summed E-state index contributed by atoms with van der Waals surface area (Å²) in [5.41, 5.74) is -0.178. The van der Waals surface area contributed by atoms with Crippen molar-refractivity contribution < 1.29 is 14.3 Å². The molecule has 1 heterocycles.